The molecule has 0 aliphatic heterocycles. The third-order valence-corrected chi connectivity index (χ3v) is 2.99. The van der Waals surface area contributed by atoms with Gasteiger partial charge in [-0.15, -0.1) is 0 Å². The van der Waals surface area contributed by atoms with Crippen LogP contribution in [0, 0.1) is 11.3 Å². The Morgan fingerprint density at radius 2 is 1.65 bits per heavy atom. The third-order valence-electron chi connectivity index (χ3n) is 2.99. The van der Waals surface area contributed by atoms with E-state index in [-0.39, 0.29) is 0 Å². The molecule has 0 radical (unpaired) electrons. The lowest BCUT2D eigenvalue weighted by Crippen LogP contribution is -1.97. The molecule has 0 spiro atoms. The van der Waals surface area contributed by atoms with E-state index in [0.29, 0.717) is 11.3 Å². The summed E-state index contributed by atoms with van der Waals surface area (Å²) in [5.74, 6) is 0. The number of rotatable bonds is 0. The Morgan fingerprint density at radius 3 is 2.35 bits per heavy atom. The number of hydrogen-bond acceptors (Lipinski definition) is 3. The van der Waals surface area contributed by atoms with Gasteiger partial charge < -0.3 is 5.21 Å². The fourth-order valence-corrected chi connectivity index (χ4v) is 2.29. The predicted octanol–water partition coefficient (Wildman–Crippen LogP) is 2.77. The molecule has 0 saturated carbocycles. The van der Waals surface area contributed by atoms with E-state index in [1.165, 1.54) is 0 Å². The normalized spacial score (nSPS) is 14.2. The fourth-order valence-electron chi connectivity index (χ4n) is 2.29. The van der Waals surface area contributed by atoms with Gasteiger partial charge in [0.05, 0.1) is 11.6 Å². The molecule has 3 nitrogen and oxygen atoms in total. The van der Waals surface area contributed by atoms with Crippen molar-refractivity contribution in [3.05, 3.63) is 59.2 Å². The van der Waals surface area contributed by atoms with Crippen LogP contribution in [0.2, 0.25) is 0 Å². The second kappa shape index (κ2) is 3.46. The topological polar surface area (TPSA) is 56.4 Å². The number of nitriles is 1. The molecule has 0 fully saturated rings. The minimum atomic E-state index is 0.535. The van der Waals surface area contributed by atoms with Crippen molar-refractivity contribution >= 4 is 5.71 Å². The Balaban J connectivity index is 2.46. The molecule has 0 amide bonds. The van der Waals surface area contributed by atoms with Crippen LogP contribution in [0.1, 0.15) is 16.7 Å². The smallest absolute Gasteiger partial charge is 0.118 e. The van der Waals surface area contributed by atoms with E-state index in [2.05, 4.69) is 11.2 Å². The Labute approximate surface area is 98.2 Å². The van der Waals surface area contributed by atoms with Gasteiger partial charge in [-0.25, -0.2) is 0 Å². The fraction of sp³-hybridized carbons (Fsp3) is 0. The van der Waals surface area contributed by atoms with Crippen LogP contribution in [-0.4, -0.2) is 10.9 Å². The Hall–Kier alpha value is -2.60. The van der Waals surface area contributed by atoms with E-state index in [0.717, 1.165) is 22.3 Å². The number of fused-ring (bicyclic) bond motifs is 3. The van der Waals surface area contributed by atoms with Crippen LogP contribution >= 0.6 is 0 Å². The number of oxime groups is 1. The van der Waals surface area contributed by atoms with E-state index < -0.39 is 0 Å². The summed E-state index contributed by atoms with van der Waals surface area (Å²) in [5.41, 5.74) is 4.63. The van der Waals surface area contributed by atoms with E-state index in [1.807, 2.05) is 30.3 Å². The highest BCUT2D eigenvalue weighted by molar-refractivity contribution is 6.24. The summed E-state index contributed by atoms with van der Waals surface area (Å²) >= 11 is 0. The first kappa shape index (κ1) is 9.61. The van der Waals surface area contributed by atoms with Crippen LogP contribution in [0.4, 0.5) is 0 Å². The maximum Gasteiger partial charge on any atom is 0.118 e. The molecule has 1 N–H and O–H groups in total. The van der Waals surface area contributed by atoms with Crippen molar-refractivity contribution in [2.45, 2.75) is 0 Å². The summed E-state index contributed by atoms with van der Waals surface area (Å²) in [7, 11) is 0. The van der Waals surface area contributed by atoms with Gasteiger partial charge in [0, 0.05) is 16.7 Å². The minimum absolute atomic E-state index is 0.535. The molecule has 17 heavy (non-hydrogen) atoms. The maximum absolute atomic E-state index is 9.13. The van der Waals surface area contributed by atoms with Gasteiger partial charge in [-0.1, -0.05) is 41.6 Å². The first-order valence-electron chi connectivity index (χ1n) is 5.22. The van der Waals surface area contributed by atoms with Gasteiger partial charge in [-0.3, -0.25) is 0 Å². The number of nitrogens with zero attached hydrogens (tertiary/aromatic N) is 2. The van der Waals surface area contributed by atoms with Crippen molar-refractivity contribution in [1.82, 2.24) is 0 Å². The summed E-state index contributed by atoms with van der Waals surface area (Å²) in [6.45, 7) is 0. The second-order valence-electron chi connectivity index (χ2n) is 3.83. The second-order valence-corrected chi connectivity index (χ2v) is 3.83. The third kappa shape index (κ3) is 1.18. The summed E-state index contributed by atoms with van der Waals surface area (Å²) in [6, 6.07) is 15.3. The molecule has 1 aliphatic rings. The maximum atomic E-state index is 9.13. The molecule has 3 rings (SSSR count). The van der Waals surface area contributed by atoms with Gasteiger partial charge in [0.1, 0.15) is 5.71 Å². The highest BCUT2D eigenvalue weighted by atomic mass is 16.4. The molecular weight excluding hydrogens is 212 g/mol. The molecule has 2 aromatic carbocycles. The zero-order chi connectivity index (χ0) is 11.8. The molecule has 80 valence electrons. The van der Waals surface area contributed by atoms with Crippen LogP contribution in [0.15, 0.2) is 47.6 Å². The monoisotopic (exact) mass is 220 g/mol. The zero-order valence-electron chi connectivity index (χ0n) is 8.88. The average Bonchev–Trinajstić information content (AvgIpc) is 2.72. The summed E-state index contributed by atoms with van der Waals surface area (Å²) in [5, 5.41) is 21.6. The lowest BCUT2D eigenvalue weighted by atomic mass is 10.0. The highest BCUT2D eigenvalue weighted by Gasteiger charge is 2.26. The largest absolute Gasteiger partial charge is 0.410 e. The van der Waals surface area contributed by atoms with Crippen molar-refractivity contribution in [1.29, 1.82) is 5.26 Å². The molecule has 0 bridgehead atoms. The van der Waals surface area contributed by atoms with E-state index in [4.69, 9.17) is 10.5 Å². The lowest BCUT2D eigenvalue weighted by Gasteiger charge is -2.01. The van der Waals surface area contributed by atoms with E-state index >= 15 is 0 Å². The van der Waals surface area contributed by atoms with E-state index in [1.54, 1.807) is 12.1 Å². The first-order valence-corrected chi connectivity index (χ1v) is 5.22. The molecule has 1 aliphatic carbocycles. The van der Waals surface area contributed by atoms with Crippen molar-refractivity contribution in [3.63, 3.8) is 0 Å². The highest BCUT2D eigenvalue weighted by Crippen LogP contribution is 2.38. The Kier molecular flexibility index (Phi) is 1.96. The van der Waals surface area contributed by atoms with Crippen LogP contribution in [0.25, 0.3) is 11.1 Å². The molecule has 3 heteroatoms. The van der Waals surface area contributed by atoms with Crippen LogP contribution in [-0.2, 0) is 0 Å². The lowest BCUT2D eigenvalue weighted by molar-refractivity contribution is 0.320. The van der Waals surface area contributed by atoms with Crippen LogP contribution in [0.5, 0.6) is 0 Å². The summed E-state index contributed by atoms with van der Waals surface area (Å²) < 4.78 is 0. The van der Waals surface area contributed by atoms with Gasteiger partial charge in [0.15, 0.2) is 0 Å². The quantitative estimate of drug-likeness (QED) is 0.467. The molecule has 0 heterocycles. The molecule has 0 saturated heterocycles. The molecular formula is C14H8N2O. The van der Waals surface area contributed by atoms with Gasteiger partial charge in [0.25, 0.3) is 0 Å². The van der Waals surface area contributed by atoms with Crippen LogP contribution < -0.4 is 0 Å². The molecule has 0 unspecified atom stereocenters. The SMILES string of the molecule is N#Cc1cccc2c1-c1ccccc1/C2=N\O. The number of benzene rings is 2. The predicted molar refractivity (Wildman–Crippen MR) is 64.0 cm³/mol. The molecule has 2 aromatic rings. The van der Waals surface area contributed by atoms with E-state index in [9.17, 15) is 0 Å². The van der Waals surface area contributed by atoms with Gasteiger partial charge in [-0.2, -0.15) is 5.26 Å². The van der Waals surface area contributed by atoms with Gasteiger partial charge in [0.2, 0.25) is 0 Å². The van der Waals surface area contributed by atoms with Crippen molar-refractivity contribution in [3.8, 4) is 17.2 Å². The Morgan fingerprint density at radius 1 is 0.941 bits per heavy atom. The van der Waals surface area contributed by atoms with Crippen LogP contribution in [0.3, 0.4) is 0 Å². The minimum Gasteiger partial charge on any atom is -0.410 e. The first-order chi connectivity index (χ1) is 8.36. The zero-order valence-corrected chi connectivity index (χ0v) is 8.88. The van der Waals surface area contributed by atoms with Crippen molar-refractivity contribution < 1.29 is 5.21 Å². The molecule has 0 atom stereocenters. The van der Waals surface area contributed by atoms with Crippen molar-refractivity contribution in [2.75, 3.05) is 0 Å². The van der Waals surface area contributed by atoms with Gasteiger partial charge >= 0.3 is 0 Å². The summed E-state index contributed by atoms with van der Waals surface area (Å²) in [4.78, 5) is 0. The van der Waals surface area contributed by atoms with Gasteiger partial charge in [-0.05, 0) is 11.6 Å². The molecule has 0 aromatic heterocycles. The Bertz CT molecular complexity index is 681. The average molecular weight is 220 g/mol. The van der Waals surface area contributed by atoms with Crippen molar-refractivity contribution in [2.24, 2.45) is 5.16 Å². The number of hydrogen-bond donors (Lipinski definition) is 1. The standard InChI is InChI=1S/C14H8N2O/c15-8-9-4-3-7-12-13(9)10-5-1-2-6-11(10)14(12)16-17/h1-7,17H/b16-14+. The summed E-state index contributed by atoms with van der Waals surface area (Å²) in [6.07, 6.45) is 0.